The van der Waals surface area contributed by atoms with Gasteiger partial charge in [-0.3, -0.25) is 10.1 Å². The first kappa shape index (κ1) is 17.5. The van der Waals surface area contributed by atoms with Gasteiger partial charge in [-0.2, -0.15) is 0 Å². The minimum absolute atomic E-state index is 0.0432. The van der Waals surface area contributed by atoms with Crippen LogP contribution in [-0.4, -0.2) is 12.0 Å². The highest BCUT2D eigenvalue weighted by Crippen LogP contribution is 2.30. The van der Waals surface area contributed by atoms with Gasteiger partial charge in [-0.05, 0) is 29.7 Å². The minimum Gasteiger partial charge on any atom is -0.495 e. The molecule has 0 amide bonds. The zero-order chi connectivity index (χ0) is 18.7. The van der Waals surface area contributed by atoms with E-state index in [1.807, 2.05) is 25.1 Å². The Labute approximate surface area is 149 Å². The largest absolute Gasteiger partial charge is 0.495 e. The summed E-state index contributed by atoms with van der Waals surface area (Å²) >= 11 is 0. The van der Waals surface area contributed by atoms with Crippen LogP contribution in [0.4, 0.5) is 11.4 Å². The lowest BCUT2D eigenvalue weighted by Gasteiger charge is -2.12. The standard InChI is InChI=1S/C19H18N2O5/c1-3-12-4-6-15-13(9-19(22)26-18(15)8-12)11-20-16-10-14(21(23)24)5-7-17(16)25-2/h4-10,20H,3,11H2,1-2H3. The minimum atomic E-state index is -0.469. The first-order valence-electron chi connectivity index (χ1n) is 8.13. The van der Waals surface area contributed by atoms with E-state index in [0.717, 1.165) is 22.9 Å². The van der Waals surface area contributed by atoms with Crippen LogP contribution in [0, 0.1) is 10.1 Å². The lowest BCUT2D eigenvalue weighted by atomic mass is 10.1. The molecule has 0 saturated carbocycles. The number of hydrogen-bond donors (Lipinski definition) is 1. The summed E-state index contributed by atoms with van der Waals surface area (Å²) in [5, 5.41) is 14.9. The number of anilines is 1. The Balaban J connectivity index is 1.96. The Bertz CT molecular complexity index is 1030. The van der Waals surface area contributed by atoms with Gasteiger partial charge in [0.15, 0.2) is 0 Å². The first-order valence-corrected chi connectivity index (χ1v) is 8.13. The van der Waals surface area contributed by atoms with E-state index in [-0.39, 0.29) is 5.69 Å². The van der Waals surface area contributed by atoms with E-state index in [2.05, 4.69) is 5.32 Å². The Morgan fingerprint density at radius 3 is 2.69 bits per heavy atom. The summed E-state index contributed by atoms with van der Waals surface area (Å²) in [5.41, 5.74) is 2.35. The van der Waals surface area contributed by atoms with E-state index in [1.54, 1.807) is 0 Å². The number of methoxy groups -OCH3 is 1. The van der Waals surface area contributed by atoms with Crippen molar-refractivity contribution in [2.45, 2.75) is 19.9 Å². The van der Waals surface area contributed by atoms with Gasteiger partial charge in [0.25, 0.3) is 5.69 Å². The molecule has 0 spiro atoms. The number of nitrogens with one attached hydrogen (secondary N) is 1. The molecule has 0 saturated heterocycles. The van der Waals surface area contributed by atoms with Gasteiger partial charge in [-0.1, -0.05) is 19.1 Å². The molecule has 1 heterocycles. The summed E-state index contributed by atoms with van der Waals surface area (Å²) in [6.45, 7) is 2.32. The Morgan fingerprint density at radius 2 is 2.00 bits per heavy atom. The summed E-state index contributed by atoms with van der Waals surface area (Å²) < 4.78 is 10.5. The summed E-state index contributed by atoms with van der Waals surface area (Å²) in [4.78, 5) is 22.4. The quantitative estimate of drug-likeness (QED) is 0.410. The van der Waals surface area contributed by atoms with Crippen molar-refractivity contribution in [3.05, 3.63) is 74.1 Å². The maximum atomic E-state index is 11.9. The van der Waals surface area contributed by atoms with Gasteiger partial charge in [0, 0.05) is 30.1 Å². The average Bonchev–Trinajstić information content (AvgIpc) is 2.64. The predicted molar refractivity (Wildman–Crippen MR) is 98.8 cm³/mol. The van der Waals surface area contributed by atoms with Gasteiger partial charge >= 0.3 is 5.63 Å². The molecular weight excluding hydrogens is 336 g/mol. The maximum absolute atomic E-state index is 11.9. The van der Waals surface area contributed by atoms with Crippen molar-refractivity contribution >= 4 is 22.3 Å². The van der Waals surface area contributed by atoms with Crippen LogP contribution in [0.1, 0.15) is 18.1 Å². The van der Waals surface area contributed by atoms with E-state index < -0.39 is 10.5 Å². The van der Waals surface area contributed by atoms with Crippen LogP contribution >= 0.6 is 0 Å². The lowest BCUT2D eigenvalue weighted by Crippen LogP contribution is -2.07. The highest BCUT2D eigenvalue weighted by Gasteiger charge is 2.12. The van der Waals surface area contributed by atoms with Gasteiger partial charge in [0.2, 0.25) is 0 Å². The molecule has 0 atom stereocenters. The Morgan fingerprint density at radius 1 is 1.19 bits per heavy atom. The van der Waals surface area contributed by atoms with Crippen molar-refractivity contribution in [3.8, 4) is 5.75 Å². The van der Waals surface area contributed by atoms with Crippen molar-refractivity contribution < 1.29 is 14.1 Å². The Hall–Kier alpha value is -3.35. The van der Waals surface area contributed by atoms with E-state index in [1.165, 1.54) is 31.4 Å². The zero-order valence-electron chi connectivity index (χ0n) is 14.4. The highest BCUT2D eigenvalue weighted by atomic mass is 16.6. The normalized spacial score (nSPS) is 10.7. The molecule has 0 aliphatic carbocycles. The van der Waals surface area contributed by atoms with Crippen LogP contribution in [0.25, 0.3) is 11.0 Å². The van der Waals surface area contributed by atoms with Gasteiger partial charge in [0.05, 0.1) is 17.7 Å². The van der Waals surface area contributed by atoms with E-state index in [4.69, 9.17) is 9.15 Å². The fourth-order valence-corrected chi connectivity index (χ4v) is 2.78. The first-order chi connectivity index (χ1) is 12.5. The number of non-ortho nitro benzene ring substituents is 1. The highest BCUT2D eigenvalue weighted by molar-refractivity contribution is 5.81. The summed E-state index contributed by atoms with van der Waals surface area (Å²) in [7, 11) is 1.49. The molecule has 0 aliphatic rings. The molecule has 3 aromatic rings. The van der Waals surface area contributed by atoms with Crippen molar-refractivity contribution in [1.29, 1.82) is 0 Å². The third-order valence-electron chi connectivity index (χ3n) is 4.17. The molecular formula is C19H18N2O5. The zero-order valence-corrected chi connectivity index (χ0v) is 14.4. The number of nitro benzene ring substituents is 1. The third-order valence-corrected chi connectivity index (χ3v) is 4.17. The van der Waals surface area contributed by atoms with Crippen molar-refractivity contribution in [3.63, 3.8) is 0 Å². The molecule has 7 heteroatoms. The molecule has 0 fully saturated rings. The summed E-state index contributed by atoms with van der Waals surface area (Å²) in [5.74, 6) is 0.483. The molecule has 0 aliphatic heterocycles. The van der Waals surface area contributed by atoms with Crippen LogP contribution in [0.3, 0.4) is 0 Å². The fraction of sp³-hybridized carbons (Fsp3) is 0.211. The number of rotatable bonds is 6. The van der Waals surface area contributed by atoms with Gasteiger partial charge < -0.3 is 14.5 Å². The van der Waals surface area contributed by atoms with Crippen LogP contribution in [0.15, 0.2) is 51.7 Å². The fourth-order valence-electron chi connectivity index (χ4n) is 2.78. The molecule has 7 nitrogen and oxygen atoms in total. The number of fused-ring (bicyclic) bond motifs is 1. The second kappa shape index (κ2) is 7.26. The topological polar surface area (TPSA) is 94.6 Å². The number of nitro groups is 1. The number of benzene rings is 2. The molecule has 1 N–H and O–H groups in total. The molecule has 0 bridgehead atoms. The summed E-state index contributed by atoms with van der Waals surface area (Å²) in [6, 6.07) is 11.5. The van der Waals surface area contributed by atoms with E-state index >= 15 is 0 Å². The molecule has 2 aromatic carbocycles. The monoisotopic (exact) mass is 354 g/mol. The van der Waals surface area contributed by atoms with Crippen LogP contribution < -0.4 is 15.7 Å². The molecule has 0 radical (unpaired) electrons. The predicted octanol–water partition coefficient (Wildman–Crippen LogP) is 3.88. The number of aryl methyl sites for hydroxylation is 1. The van der Waals surface area contributed by atoms with Crippen molar-refractivity contribution in [2.24, 2.45) is 0 Å². The molecule has 134 valence electrons. The number of nitrogens with zero attached hydrogens (tertiary/aromatic N) is 1. The van der Waals surface area contributed by atoms with Crippen LogP contribution in [-0.2, 0) is 13.0 Å². The van der Waals surface area contributed by atoms with Gasteiger partial charge in [-0.25, -0.2) is 4.79 Å². The smallest absolute Gasteiger partial charge is 0.336 e. The lowest BCUT2D eigenvalue weighted by molar-refractivity contribution is -0.384. The van der Waals surface area contributed by atoms with Gasteiger partial charge in [-0.15, -0.1) is 0 Å². The second-order valence-corrected chi connectivity index (χ2v) is 5.77. The van der Waals surface area contributed by atoms with Crippen LogP contribution in [0.5, 0.6) is 5.75 Å². The van der Waals surface area contributed by atoms with Crippen LogP contribution in [0.2, 0.25) is 0 Å². The maximum Gasteiger partial charge on any atom is 0.336 e. The van der Waals surface area contributed by atoms with Gasteiger partial charge in [0.1, 0.15) is 11.3 Å². The second-order valence-electron chi connectivity index (χ2n) is 5.77. The molecule has 26 heavy (non-hydrogen) atoms. The van der Waals surface area contributed by atoms with Crippen molar-refractivity contribution in [2.75, 3.05) is 12.4 Å². The Kier molecular flexibility index (Phi) is 4.88. The molecule has 1 aromatic heterocycles. The molecule has 0 unspecified atom stereocenters. The van der Waals surface area contributed by atoms with E-state index in [0.29, 0.717) is 23.6 Å². The number of ether oxygens (including phenoxy) is 1. The third kappa shape index (κ3) is 3.51. The average molecular weight is 354 g/mol. The number of hydrogen-bond acceptors (Lipinski definition) is 6. The SMILES string of the molecule is CCc1ccc2c(CNc3cc([N+](=O)[O-])ccc3OC)cc(=O)oc2c1. The van der Waals surface area contributed by atoms with E-state index in [9.17, 15) is 14.9 Å². The summed E-state index contributed by atoms with van der Waals surface area (Å²) in [6.07, 6.45) is 0.840. The van der Waals surface area contributed by atoms with Crippen molar-refractivity contribution in [1.82, 2.24) is 0 Å². The molecule has 3 rings (SSSR count).